The lowest BCUT2D eigenvalue weighted by Gasteiger charge is -2.37. The Morgan fingerprint density at radius 3 is 2.62 bits per heavy atom. The largest absolute Gasteiger partial charge is 0.356 e. The molecule has 7 nitrogen and oxygen atoms in total. The van der Waals surface area contributed by atoms with E-state index in [4.69, 9.17) is 4.98 Å². The molecule has 2 aromatic heterocycles. The average Bonchev–Trinajstić information content (AvgIpc) is 3.11. The fourth-order valence-electron chi connectivity index (χ4n) is 3.77. The number of hydrogen-bond donors (Lipinski definition) is 1. The first kappa shape index (κ1) is 16.8. The van der Waals surface area contributed by atoms with Crippen LogP contribution in [0, 0.1) is 13.8 Å². The number of rotatable bonds is 3. The highest BCUT2D eigenvalue weighted by Gasteiger charge is 2.31. The molecule has 0 radical (unpaired) electrons. The van der Waals surface area contributed by atoms with Crippen LogP contribution in [0.5, 0.6) is 0 Å². The predicted octanol–water partition coefficient (Wildman–Crippen LogP) is 2.15. The number of piperidine rings is 1. The molecule has 0 spiro atoms. The van der Waals surface area contributed by atoms with Gasteiger partial charge in [0.25, 0.3) is 0 Å². The number of aryl methyl sites for hydroxylation is 1. The molecule has 0 atom stereocenters. The maximum Gasteiger partial charge on any atom is 0.317 e. The second kappa shape index (κ2) is 6.90. The zero-order valence-corrected chi connectivity index (χ0v) is 15.3. The van der Waals surface area contributed by atoms with Gasteiger partial charge in [0.1, 0.15) is 5.82 Å². The highest BCUT2D eigenvalue weighted by atomic mass is 16.2. The number of aromatic nitrogens is 3. The van der Waals surface area contributed by atoms with Crippen molar-refractivity contribution in [2.45, 2.75) is 32.7 Å². The van der Waals surface area contributed by atoms with Crippen molar-refractivity contribution in [3.05, 3.63) is 35.8 Å². The molecule has 0 unspecified atom stereocenters. The molecule has 2 amide bonds. The van der Waals surface area contributed by atoms with Gasteiger partial charge in [0.2, 0.25) is 0 Å². The lowest BCUT2D eigenvalue weighted by molar-refractivity contribution is 0.186. The summed E-state index contributed by atoms with van der Waals surface area (Å²) in [5.74, 6) is 1.72. The normalized spacial score (nSPS) is 18.3. The molecule has 2 fully saturated rings. The first-order valence-corrected chi connectivity index (χ1v) is 9.18. The van der Waals surface area contributed by atoms with E-state index in [1.165, 1.54) is 0 Å². The molecule has 2 aliphatic heterocycles. The van der Waals surface area contributed by atoms with Gasteiger partial charge < -0.3 is 15.1 Å². The topological polar surface area (TPSA) is 74.2 Å². The van der Waals surface area contributed by atoms with Crippen LogP contribution in [0.3, 0.4) is 0 Å². The van der Waals surface area contributed by atoms with Gasteiger partial charge in [0.15, 0.2) is 5.82 Å². The SMILES string of the molecule is Cc1nc(-c2cccnc2)nc(N2CCC(N3CCNC3=O)CC2)c1C. The van der Waals surface area contributed by atoms with Crippen molar-refractivity contribution in [3.8, 4) is 11.4 Å². The molecule has 2 aliphatic rings. The molecule has 2 saturated heterocycles. The van der Waals surface area contributed by atoms with E-state index in [0.29, 0.717) is 6.04 Å². The number of nitrogens with one attached hydrogen (secondary N) is 1. The van der Waals surface area contributed by atoms with Crippen molar-refractivity contribution < 1.29 is 4.79 Å². The van der Waals surface area contributed by atoms with Crippen LogP contribution >= 0.6 is 0 Å². The van der Waals surface area contributed by atoms with Crippen molar-refractivity contribution in [1.82, 2.24) is 25.2 Å². The van der Waals surface area contributed by atoms with E-state index >= 15 is 0 Å². The molecule has 4 heterocycles. The van der Waals surface area contributed by atoms with Crippen molar-refractivity contribution in [2.75, 3.05) is 31.1 Å². The third-order valence-electron chi connectivity index (χ3n) is 5.38. The van der Waals surface area contributed by atoms with Crippen LogP contribution < -0.4 is 10.2 Å². The van der Waals surface area contributed by atoms with Crippen molar-refractivity contribution in [1.29, 1.82) is 0 Å². The fraction of sp³-hybridized carbons (Fsp3) is 0.474. The van der Waals surface area contributed by atoms with Crippen LogP contribution in [0.15, 0.2) is 24.5 Å². The summed E-state index contributed by atoms with van der Waals surface area (Å²) in [4.78, 5) is 29.9. The molecular formula is C19H24N6O. The molecular weight excluding hydrogens is 328 g/mol. The third-order valence-corrected chi connectivity index (χ3v) is 5.38. The van der Waals surface area contributed by atoms with E-state index in [0.717, 1.165) is 67.5 Å². The maximum atomic E-state index is 11.9. The summed E-state index contributed by atoms with van der Waals surface area (Å²) >= 11 is 0. The van der Waals surface area contributed by atoms with E-state index in [1.807, 2.05) is 24.0 Å². The van der Waals surface area contributed by atoms with Gasteiger partial charge in [-0.2, -0.15) is 0 Å². The Bertz CT molecular complexity index is 801. The standard InChI is InChI=1S/C19H24N6O/c1-13-14(2)22-17(15-4-3-7-20-12-15)23-18(13)24-9-5-16(6-10-24)25-11-8-21-19(25)26/h3-4,7,12,16H,5-6,8-11H2,1-2H3,(H,21,26). The molecule has 0 saturated carbocycles. The lowest BCUT2D eigenvalue weighted by atomic mass is 10.0. The van der Waals surface area contributed by atoms with Crippen LogP contribution in [0.1, 0.15) is 24.1 Å². The average molecular weight is 352 g/mol. The van der Waals surface area contributed by atoms with Crippen molar-refractivity contribution in [2.24, 2.45) is 0 Å². The number of nitrogens with zero attached hydrogens (tertiary/aromatic N) is 5. The first-order valence-electron chi connectivity index (χ1n) is 9.18. The fourth-order valence-corrected chi connectivity index (χ4v) is 3.77. The Balaban J connectivity index is 1.55. The molecule has 2 aromatic rings. The van der Waals surface area contributed by atoms with E-state index in [2.05, 4.69) is 27.1 Å². The Morgan fingerprint density at radius 1 is 1.15 bits per heavy atom. The Morgan fingerprint density at radius 2 is 1.96 bits per heavy atom. The molecule has 136 valence electrons. The number of amides is 2. The number of carbonyl (C=O) groups is 1. The van der Waals surface area contributed by atoms with E-state index in [-0.39, 0.29) is 6.03 Å². The molecule has 0 aromatic carbocycles. The maximum absolute atomic E-state index is 11.9. The molecule has 4 rings (SSSR count). The third kappa shape index (κ3) is 3.09. The van der Waals surface area contributed by atoms with E-state index < -0.39 is 0 Å². The number of pyridine rings is 1. The van der Waals surface area contributed by atoms with Crippen LogP contribution in [0.2, 0.25) is 0 Å². The molecule has 26 heavy (non-hydrogen) atoms. The van der Waals surface area contributed by atoms with Crippen LogP contribution in [0.4, 0.5) is 10.6 Å². The second-order valence-corrected chi connectivity index (χ2v) is 6.97. The van der Waals surface area contributed by atoms with Gasteiger partial charge in [0.05, 0.1) is 0 Å². The lowest BCUT2D eigenvalue weighted by Crippen LogP contribution is -2.46. The predicted molar refractivity (Wildman–Crippen MR) is 100 cm³/mol. The quantitative estimate of drug-likeness (QED) is 0.916. The Labute approximate surface area is 153 Å². The Kier molecular flexibility index (Phi) is 4.44. The number of carbonyl (C=O) groups excluding carboxylic acids is 1. The summed E-state index contributed by atoms with van der Waals surface area (Å²) in [6.07, 6.45) is 5.49. The van der Waals surface area contributed by atoms with Crippen LogP contribution in [-0.2, 0) is 0 Å². The van der Waals surface area contributed by atoms with Gasteiger partial charge in [-0.25, -0.2) is 14.8 Å². The molecule has 7 heteroatoms. The minimum absolute atomic E-state index is 0.0800. The van der Waals surface area contributed by atoms with Crippen molar-refractivity contribution in [3.63, 3.8) is 0 Å². The van der Waals surface area contributed by atoms with Gasteiger partial charge in [-0.1, -0.05) is 0 Å². The van der Waals surface area contributed by atoms with E-state index in [1.54, 1.807) is 12.4 Å². The zero-order valence-electron chi connectivity index (χ0n) is 15.3. The summed E-state index contributed by atoms with van der Waals surface area (Å²) in [6, 6.07) is 4.30. The summed E-state index contributed by atoms with van der Waals surface area (Å²) < 4.78 is 0. The van der Waals surface area contributed by atoms with Gasteiger partial charge in [-0.3, -0.25) is 4.98 Å². The van der Waals surface area contributed by atoms with Crippen molar-refractivity contribution >= 4 is 11.8 Å². The first-order chi connectivity index (χ1) is 12.6. The monoisotopic (exact) mass is 352 g/mol. The van der Waals surface area contributed by atoms with Crippen LogP contribution in [0.25, 0.3) is 11.4 Å². The second-order valence-electron chi connectivity index (χ2n) is 6.97. The van der Waals surface area contributed by atoms with Gasteiger partial charge in [0, 0.05) is 61.4 Å². The van der Waals surface area contributed by atoms with E-state index in [9.17, 15) is 4.79 Å². The number of urea groups is 1. The molecule has 0 aliphatic carbocycles. The molecule has 1 N–H and O–H groups in total. The number of hydrogen-bond acceptors (Lipinski definition) is 5. The highest BCUT2D eigenvalue weighted by molar-refractivity contribution is 5.76. The minimum atomic E-state index is 0.0800. The summed E-state index contributed by atoms with van der Waals surface area (Å²) in [5.41, 5.74) is 3.05. The highest BCUT2D eigenvalue weighted by Crippen LogP contribution is 2.28. The smallest absolute Gasteiger partial charge is 0.317 e. The zero-order chi connectivity index (χ0) is 18.1. The molecule has 0 bridgehead atoms. The van der Waals surface area contributed by atoms with Gasteiger partial charge in [-0.05, 0) is 38.8 Å². The van der Waals surface area contributed by atoms with Crippen LogP contribution in [-0.4, -0.2) is 58.1 Å². The van der Waals surface area contributed by atoms with Gasteiger partial charge >= 0.3 is 6.03 Å². The minimum Gasteiger partial charge on any atom is -0.356 e. The summed E-state index contributed by atoms with van der Waals surface area (Å²) in [5, 5.41) is 2.90. The Hall–Kier alpha value is -2.70. The number of anilines is 1. The van der Waals surface area contributed by atoms with Gasteiger partial charge in [-0.15, -0.1) is 0 Å². The summed E-state index contributed by atoms with van der Waals surface area (Å²) in [7, 11) is 0. The summed E-state index contributed by atoms with van der Waals surface area (Å²) in [6.45, 7) is 7.49.